The topological polar surface area (TPSA) is 65.1 Å². The number of nitrogens with two attached hydrogens (primary N) is 1. The van der Waals surface area contributed by atoms with Gasteiger partial charge in [0.25, 0.3) is 0 Å². The molecule has 1 saturated carbocycles. The maximum Gasteiger partial charge on any atom is 0.0738 e. The van der Waals surface area contributed by atoms with Gasteiger partial charge in [-0.2, -0.15) is 5.10 Å². The summed E-state index contributed by atoms with van der Waals surface area (Å²) < 4.78 is 7.62. The second-order valence-electron chi connectivity index (χ2n) is 5.74. The van der Waals surface area contributed by atoms with Crippen molar-refractivity contribution in [2.75, 3.05) is 7.11 Å². The number of hydrogen-bond acceptors (Lipinski definition) is 4. The van der Waals surface area contributed by atoms with Crippen LogP contribution in [0.25, 0.3) is 0 Å². The lowest BCUT2D eigenvalue weighted by atomic mass is 9.96. The predicted molar refractivity (Wildman–Crippen MR) is 80.3 cm³/mol. The summed E-state index contributed by atoms with van der Waals surface area (Å²) in [5.74, 6) is 5.66. The van der Waals surface area contributed by atoms with Crippen molar-refractivity contribution < 1.29 is 4.74 Å². The van der Waals surface area contributed by atoms with Gasteiger partial charge < -0.3 is 4.74 Å². The van der Waals surface area contributed by atoms with Gasteiger partial charge in [-0.05, 0) is 25.3 Å². The van der Waals surface area contributed by atoms with E-state index >= 15 is 0 Å². The van der Waals surface area contributed by atoms with E-state index in [0.717, 1.165) is 18.5 Å². The van der Waals surface area contributed by atoms with Crippen molar-refractivity contribution in [3.8, 4) is 0 Å². The lowest BCUT2D eigenvalue weighted by molar-refractivity contribution is 0.0650. The number of nitrogens with one attached hydrogen (secondary N) is 1. The molecule has 5 heteroatoms. The third kappa shape index (κ3) is 3.81. The highest BCUT2D eigenvalue weighted by molar-refractivity contribution is 5.03. The molecule has 3 N–H and O–H groups in total. The molecule has 0 bridgehead atoms. The molecule has 0 aliphatic heterocycles. The number of hydrazine groups is 1. The average molecular weight is 280 g/mol. The van der Waals surface area contributed by atoms with Crippen molar-refractivity contribution in [1.29, 1.82) is 0 Å². The molecule has 1 heterocycles. The molecule has 2 unspecified atom stereocenters. The van der Waals surface area contributed by atoms with Gasteiger partial charge in [0.2, 0.25) is 0 Å². The molecule has 5 nitrogen and oxygen atoms in total. The van der Waals surface area contributed by atoms with E-state index < -0.39 is 0 Å². The summed E-state index contributed by atoms with van der Waals surface area (Å²) in [6, 6.07) is 2.81. The van der Waals surface area contributed by atoms with Gasteiger partial charge in [0.05, 0.1) is 23.9 Å². The van der Waals surface area contributed by atoms with Crippen LogP contribution >= 0.6 is 0 Å². The second-order valence-corrected chi connectivity index (χ2v) is 5.74. The van der Waals surface area contributed by atoms with Gasteiger partial charge in [-0.25, -0.2) is 0 Å². The summed E-state index contributed by atoms with van der Waals surface area (Å²) >= 11 is 0. The first-order valence-electron chi connectivity index (χ1n) is 7.81. The second kappa shape index (κ2) is 7.76. The van der Waals surface area contributed by atoms with Gasteiger partial charge in [-0.15, -0.1) is 0 Å². The summed E-state index contributed by atoms with van der Waals surface area (Å²) in [5, 5.41) is 4.74. The Hall–Kier alpha value is -0.910. The van der Waals surface area contributed by atoms with Crippen LogP contribution in [0.15, 0.2) is 12.3 Å². The van der Waals surface area contributed by atoms with Gasteiger partial charge >= 0.3 is 0 Å². The van der Waals surface area contributed by atoms with Crippen LogP contribution in [0.5, 0.6) is 0 Å². The fourth-order valence-corrected chi connectivity index (χ4v) is 3.17. The zero-order valence-corrected chi connectivity index (χ0v) is 12.7. The van der Waals surface area contributed by atoms with Crippen molar-refractivity contribution in [3.05, 3.63) is 18.0 Å². The lowest BCUT2D eigenvalue weighted by Gasteiger charge is -2.24. The highest BCUT2D eigenvalue weighted by Crippen LogP contribution is 2.27. The van der Waals surface area contributed by atoms with E-state index in [1.807, 2.05) is 0 Å². The molecule has 0 radical (unpaired) electrons. The summed E-state index contributed by atoms with van der Waals surface area (Å²) in [6.07, 6.45) is 10.5. The van der Waals surface area contributed by atoms with Crippen molar-refractivity contribution in [2.24, 2.45) is 5.84 Å². The summed E-state index contributed by atoms with van der Waals surface area (Å²) in [4.78, 5) is 0. The summed E-state index contributed by atoms with van der Waals surface area (Å²) in [6.45, 7) is 2.11. The maximum atomic E-state index is 5.66. The predicted octanol–water partition coefficient (Wildman–Crippen LogP) is 2.19. The SMILES string of the molecule is CCC(OC)C(Cc1ccn(C2CCCCC2)n1)NN. The Morgan fingerprint density at radius 2 is 2.20 bits per heavy atom. The zero-order chi connectivity index (χ0) is 14.4. The molecule has 1 aliphatic carbocycles. The molecule has 0 spiro atoms. The molecule has 1 aromatic heterocycles. The molecule has 2 atom stereocenters. The first-order chi connectivity index (χ1) is 9.78. The maximum absolute atomic E-state index is 5.66. The molecule has 0 saturated heterocycles. The molecule has 2 rings (SSSR count). The fraction of sp³-hybridized carbons (Fsp3) is 0.800. The van der Waals surface area contributed by atoms with Crippen molar-refractivity contribution >= 4 is 0 Å². The number of nitrogens with zero attached hydrogens (tertiary/aromatic N) is 2. The molecule has 114 valence electrons. The molecule has 0 amide bonds. The van der Waals surface area contributed by atoms with Crippen LogP contribution in [0.1, 0.15) is 57.2 Å². The number of methoxy groups -OCH3 is 1. The highest BCUT2D eigenvalue weighted by atomic mass is 16.5. The Morgan fingerprint density at radius 1 is 1.45 bits per heavy atom. The number of aromatic nitrogens is 2. The normalized spacial score (nSPS) is 19.9. The third-order valence-electron chi connectivity index (χ3n) is 4.41. The Morgan fingerprint density at radius 3 is 2.80 bits per heavy atom. The van der Waals surface area contributed by atoms with E-state index in [4.69, 9.17) is 15.7 Å². The van der Waals surface area contributed by atoms with Gasteiger partial charge in [0, 0.05) is 19.7 Å². The van der Waals surface area contributed by atoms with Crippen LogP contribution < -0.4 is 11.3 Å². The minimum atomic E-state index is 0.111. The number of hydrogen-bond donors (Lipinski definition) is 2. The van der Waals surface area contributed by atoms with Gasteiger partial charge in [-0.1, -0.05) is 26.2 Å². The Labute approximate surface area is 121 Å². The van der Waals surface area contributed by atoms with Crippen molar-refractivity contribution in [2.45, 2.75) is 70.1 Å². The Bertz CT molecular complexity index is 383. The molecule has 1 aliphatic rings. The summed E-state index contributed by atoms with van der Waals surface area (Å²) in [7, 11) is 1.74. The van der Waals surface area contributed by atoms with E-state index in [2.05, 4.69) is 29.3 Å². The van der Waals surface area contributed by atoms with Crippen LogP contribution in [-0.4, -0.2) is 29.0 Å². The van der Waals surface area contributed by atoms with Gasteiger partial charge in [-0.3, -0.25) is 16.0 Å². The van der Waals surface area contributed by atoms with Crippen LogP contribution in [0.3, 0.4) is 0 Å². The minimum absolute atomic E-state index is 0.111. The van der Waals surface area contributed by atoms with Crippen LogP contribution in [0, 0.1) is 0 Å². The van der Waals surface area contributed by atoms with Gasteiger partial charge in [0.15, 0.2) is 0 Å². The molecule has 1 fully saturated rings. The van der Waals surface area contributed by atoms with E-state index in [-0.39, 0.29) is 12.1 Å². The molecule has 0 aromatic carbocycles. The van der Waals surface area contributed by atoms with E-state index in [0.29, 0.717) is 6.04 Å². The fourth-order valence-electron chi connectivity index (χ4n) is 3.17. The number of ether oxygens (including phenoxy) is 1. The molecular weight excluding hydrogens is 252 g/mol. The Balaban J connectivity index is 1.97. The van der Waals surface area contributed by atoms with Crippen molar-refractivity contribution in [1.82, 2.24) is 15.2 Å². The average Bonchev–Trinajstić information content (AvgIpc) is 2.97. The van der Waals surface area contributed by atoms with E-state index in [9.17, 15) is 0 Å². The van der Waals surface area contributed by atoms with E-state index in [1.165, 1.54) is 32.1 Å². The first kappa shape index (κ1) is 15.5. The monoisotopic (exact) mass is 280 g/mol. The van der Waals surface area contributed by atoms with E-state index in [1.54, 1.807) is 7.11 Å². The van der Waals surface area contributed by atoms with Crippen LogP contribution in [0.4, 0.5) is 0 Å². The first-order valence-corrected chi connectivity index (χ1v) is 7.81. The Kier molecular flexibility index (Phi) is 6.01. The smallest absolute Gasteiger partial charge is 0.0738 e. The van der Waals surface area contributed by atoms with Crippen molar-refractivity contribution in [3.63, 3.8) is 0 Å². The lowest BCUT2D eigenvalue weighted by Crippen LogP contribution is -2.46. The van der Waals surface area contributed by atoms with Crippen LogP contribution in [0.2, 0.25) is 0 Å². The number of rotatable bonds is 7. The third-order valence-corrected chi connectivity index (χ3v) is 4.41. The molecule has 1 aromatic rings. The highest BCUT2D eigenvalue weighted by Gasteiger charge is 2.21. The molecule has 20 heavy (non-hydrogen) atoms. The van der Waals surface area contributed by atoms with Gasteiger partial charge in [0.1, 0.15) is 0 Å². The molecular formula is C15H28N4O. The standard InChI is InChI=1S/C15H28N4O/c1-3-15(20-2)14(17-16)11-12-9-10-19(18-12)13-7-5-4-6-8-13/h9-10,13-15,17H,3-8,11,16H2,1-2H3. The summed E-state index contributed by atoms with van der Waals surface area (Å²) in [5.41, 5.74) is 3.96. The quantitative estimate of drug-likeness (QED) is 0.593. The minimum Gasteiger partial charge on any atom is -0.380 e. The zero-order valence-electron chi connectivity index (χ0n) is 12.7. The van der Waals surface area contributed by atoms with Crippen LogP contribution in [-0.2, 0) is 11.2 Å². The largest absolute Gasteiger partial charge is 0.380 e.